The van der Waals surface area contributed by atoms with Crippen molar-refractivity contribution in [3.8, 4) is 6.07 Å². The number of aromatic nitrogens is 2. The van der Waals surface area contributed by atoms with Crippen molar-refractivity contribution in [1.82, 2.24) is 14.9 Å². The fourth-order valence-corrected chi connectivity index (χ4v) is 4.37. The number of para-hydroxylation sites is 1. The van der Waals surface area contributed by atoms with Gasteiger partial charge in [0.2, 0.25) is 5.91 Å². The van der Waals surface area contributed by atoms with Crippen molar-refractivity contribution in [3.63, 3.8) is 0 Å². The molecule has 1 atom stereocenters. The Kier molecular flexibility index (Phi) is 5.85. The minimum Gasteiger partial charge on any atom is -0.337 e. The summed E-state index contributed by atoms with van der Waals surface area (Å²) in [4.78, 5) is 30.0. The first-order chi connectivity index (χ1) is 13.0. The molecule has 6 nitrogen and oxygen atoms in total. The first kappa shape index (κ1) is 19.4. The van der Waals surface area contributed by atoms with Gasteiger partial charge in [-0.3, -0.25) is 14.2 Å². The average molecular weight is 385 g/mol. The van der Waals surface area contributed by atoms with Gasteiger partial charge in [-0.2, -0.15) is 5.26 Å². The van der Waals surface area contributed by atoms with Gasteiger partial charge < -0.3 is 5.32 Å². The predicted molar refractivity (Wildman–Crippen MR) is 107 cm³/mol. The first-order valence-electron chi connectivity index (χ1n) is 9.36. The molecule has 2 aromatic rings. The lowest BCUT2D eigenvalue weighted by Gasteiger charge is -2.22. The molecule has 7 heteroatoms. The maximum Gasteiger partial charge on any atom is 0.262 e. The largest absolute Gasteiger partial charge is 0.337 e. The average Bonchev–Trinajstić information content (AvgIpc) is 3.15. The van der Waals surface area contributed by atoms with Crippen molar-refractivity contribution in [3.05, 3.63) is 34.6 Å². The number of nitrogens with zero attached hydrogens (tertiary/aromatic N) is 3. The predicted octanol–water partition coefficient (Wildman–Crippen LogP) is 3.41. The summed E-state index contributed by atoms with van der Waals surface area (Å²) in [7, 11) is 0. The molecule has 0 unspecified atom stereocenters. The van der Waals surface area contributed by atoms with Crippen molar-refractivity contribution in [1.29, 1.82) is 5.26 Å². The zero-order valence-corrected chi connectivity index (χ0v) is 16.5. The minimum atomic E-state index is -0.731. The molecule has 1 aliphatic carbocycles. The Balaban J connectivity index is 1.84. The van der Waals surface area contributed by atoms with E-state index in [0.717, 1.165) is 19.3 Å². The number of rotatable bonds is 6. The Morgan fingerprint density at radius 1 is 1.41 bits per heavy atom. The van der Waals surface area contributed by atoms with E-state index in [2.05, 4.69) is 16.4 Å². The monoisotopic (exact) mass is 384 g/mol. The SMILES string of the molecule is CC[C@@H](C)n1c(SCC(=O)NC2(C#N)CCCC2)nc2ccccc2c1=O. The lowest BCUT2D eigenvalue weighted by Crippen LogP contribution is -2.45. The number of thioether (sulfide) groups is 1. The van der Waals surface area contributed by atoms with Gasteiger partial charge in [0.15, 0.2) is 5.16 Å². The van der Waals surface area contributed by atoms with Crippen LogP contribution >= 0.6 is 11.8 Å². The Bertz CT molecular complexity index is 941. The zero-order valence-electron chi connectivity index (χ0n) is 15.7. The van der Waals surface area contributed by atoms with Crippen molar-refractivity contribution in [2.75, 3.05) is 5.75 Å². The molecule has 0 radical (unpaired) electrons. The van der Waals surface area contributed by atoms with Gasteiger partial charge in [-0.25, -0.2) is 4.98 Å². The third-order valence-corrected chi connectivity index (χ3v) is 6.14. The molecule has 1 aromatic carbocycles. The van der Waals surface area contributed by atoms with Crippen LogP contribution in [0.4, 0.5) is 0 Å². The van der Waals surface area contributed by atoms with Gasteiger partial charge >= 0.3 is 0 Å². The number of benzene rings is 1. The quantitative estimate of drug-likeness (QED) is 0.609. The Hall–Kier alpha value is -2.33. The summed E-state index contributed by atoms with van der Waals surface area (Å²) in [6, 6.07) is 9.52. The van der Waals surface area contributed by atoms with E-state index in [0.29, 0.717) is 28.9 Å². The second-order valence-corrected chi connectivity index (χ2v) is 8.02. The molecule has 27 heavy (non-hydrogen) atoms. The van der Waals surface area contributed by atoms with Gasteiger partial charge in [0.25, 0.3) is 5.56 Å². The van der Waals surface area contributed by atoms with Crippen LogP contribution in [0.3, 0.4) is 0 Å². The summed E-state index contributed by atoms with van der Waals surface area (Å²) in [5.74, 6) is -0.0634. The standard InChI is InChI=1S/C20H24N4O2S/c1-3-14(2)24-18(26)15-8-4-5-9-16(15)22-19(24)27-12-17(25)23-20(13-21)10-6-7-11-20/h4-5,8-9,14H,3,6-7,10-12H2,1-2H3,(H,23,25)/t14-/m1/s1. The van der Waals surface area contributed by atoms with E-state index < -0.39 is 5.54 Å². The van der Waals surface area contributed by atoms with Crippen LogP contribution < -0.4 is 10.9 Å². The van der Waals surface area contributed by atoms with Crippen LogP contribution in [-0.2, 0) is 4.79 Å². The molecule has 142 valence electrons. The summed E-state index contributed by atoms with van der Waals surface area (Å²) in [5, 5.41) is 13.4. The van der Waals surface area contributed by atoms with Gasteiger partial charge in [-0.05, 0) is 51.2 Å². The number of carbonyl (C=O) groups excluding carboxylic acids is 1. The number of nitrogens with one attached hydrogen (secondary N) is 1. The zero-order chi connectivity index (χ0) is 19.4. The maximum absolute atomic E-state index is 12.9. The highest BCUT2D eigenvalue weighted by atomic mass is 32.2. The van der Waals surface area contributed by atoms with Gasteiger partial charge in [-0.1, -0.05) is 30.8 Å². The fourth-order valence-electron chi connectivity index (χ4n) is 3.47. The summed E-state index contributed by atoms with van der Waals surface area (Å²) in [6.07, 6.45) is 4.11. The van der Waals surface area contributed by atoms with Crippen LogP contribution in [0.2, 0.25) is 0 Å². The number of hydrogen-bond acceptors (Lipinski definition) is 5. The van der Waals surface area contributed by atoms with E-state index in [1.165, 1.54) is 11.8 Å². The maximum atomic E-state index is 12.9. The van der Waals surface area contributed by atoms with Gasteiger partial charge in [-0.15, -0.1) is 0 Å². The molecule has 1 aromatic heterocycles. The summed E-state index contributed by atoms with van der Waals surface area (Å²) in [5.41, 5.74) is -0.179. The number of amides is 1. The molecule has 3 rings (SSSR count). The molecule has 1 amide bonds. The summed E-state index contributed by atoms with van der Waals surface area (Å²) in [6.45, 7) is 4.00. The Morgan fingerprint density at radius 2 is 2.11 bits per heavy atom. The summed E-state index contributed by atoms with van der Waals surface area (Å²) < 4.78 is 1.68. The lowest BCUT2D eigenvalue weighted by atomic mass is 10.0. The number of fused-ring (bicyclic) bond motifs is 1. The van der Waals surface area contributed by atoms with Crippen LogP contribution in [0.15, 0.2) is 34.2 Å². The van der Waals surface area contributed by atoms with E-state index in [-0.39, 0.29) is 23.3 Å². The molecular formula is C20H24N4O2S. The summed E-state index contributed by atoms with van der Waals surface area (Å²) >= 11 is 1.25. The molecule has 0 aliphatic heterocycles. The van der Waals surface area contributed by atoms with Crippen molar-refractivity contribution in [2.24, 2.45) is 0 Å². The Morgan fingerprint density at radius 3 is 2.78 bits per heavy atom. The van der Waals surface area contributed by atoms with Crippen LogP contribution in [0.1, 0.15) is 52.0 Å². The first-order valence-corrected chi connectivity index (χ1v) is 10.3. The van der Waals surface area contributed by atoms with Gasteiger partial charge in [0, 0.05) is 6.04 Å². The molecule has 1 aliphatic rings. The van der Waals surface area contributed by atoms with Crippen LogP contribution in [0.25, 0.3) is 10.9 Å². The molecule has 0 spiro atoms. The third-order valence-electron chi connectivity index (χ3n) is 5.19. The normalized spacial score (nSPS) is 16.8. The van der Waals surface area contributed by atoms with Crippen LogP contribution in [0.5, 0.6) is 0 Å². The van der Waals surface area contributed by atoms with Gasteiger partial charge in [0.05, 0.1) is 22.7 Å². The molecule has 1 fully saturated rings. The molecule has 0 bridgehead atoms. The van der Waals surface area contributed by atoms with Crippen molar-refractivity contribution >= 4 is 28.6 Å². The highest BCUT2D eigenvalue weighted by Crippen LogP contribution is 2.29. The third kappa shape index (κ3) is 4.01. The molecule has 1 N–H and O–H groups in total. The van der Waals surface area contributed by atoms with Crippen LogP contribution in [0, 0.1) is 11.3 Å². The highest BCUT2D eigenvalue weighted by Gasteiger charge is 2.35. The lowest BCUT2D eigenvalue weighted by molar-refractivity contribution is -0.119. The molecule has 0 saturated heterocycles. The van der Waals surface area contributed by atoms with E-state index in [4.69, 9.17) is 0 Å². The highest BCUT2D eigenvalue weighted by molar-refractivity contribution is 7.99. The molecule has 1 heterocycles. The smallest absolute Gasteiger partial charge is 0.262 e. The van der Waals surface area contributed by atoms with Crippen molar-refractivity contribution < 1.29 is 4.79 Å². The fraction of sp³-hybridized carbons (Fsp3) is 0.500. The van der Waals surface area contributed by atoms with Crippen LogP contribution in [-0.4, -0.2) is 26.8 Å². The van der Waals surface area contributed by atoms with E-state index in [1.54, 1.807) is 10.6 Å². The van der Waals surface area contributed by atoms with E-state index in [9.17, 15) is 14.9 Å². The van der Waals surface area contributed by atoms with E-state index in [1.807, 2.05) is 32.0 Å². The molecular weight excluding hydrogens is 360 g/mol. The van der Waals surface area contributed by atoms with Gasteiger partial charge in [0.1, 0.15) is 5.54 Å². The second kappa shape index (κ2) is 8.13. The number of hydrogen-bond donors (Lipinski definition) is 1. The second-order valence-electron chi connectivity index (χ2n) is 7.08. The Labute approximate surface area is 163 Å². The topological polar surface area (TPSA) is 87.8 Å². The minimum absolute atomic E-state index is 0.0135. The van der Waals surface area contributed by atoms with E-state index >= 15 is 0 Å². The number of carbonyl (C=O) groups is 1. The number of nitriles is 1. The van der Waals surface area contributed by atoms with Crippen molar-refractivity contribution in [2.45, 2.75) is 62.7 Å². The molecule has 1 saturated carbocycles.